The third-order valence-electron chi connectivity index (χ3n) is 2.33. The maximum absolute atomic E-state index is 6.17. The van der Waals surface area contributed by atoms with E-state index in [9.17, 15) is 0 Å². The van der Waals surface area contributed by atoms with Gasteiger partial charge in [0.05, 0.1) is 11.4 Å². The molecule has 0 radical (unpaired) electrons. The summed E-state index contributed by atoms with van der Waals surface area (Å²) in [6, 6.07) is 17.8. The molecule has 0 saturated heterocycles. The van der Waals surface area contributed by atoms with Crippen LogP contribution in [0.15, 0.2) is 54.6 Å². The zero-order valence-electron chi connectivity index (χ0n) is 9.02. The highest BCUT2D eigenvalue weighted by atomic mass is 35.5. The van der Waals surface area contributed by atoms with E-state index in [0.29, 0.717) is 0 Å². The second-order valence-electron chi connectivity index (χ2n) is 3.55. The fourth-order valence-electron chi connectivity index (χ4n) is 1.47. The molecule has 0 aliphatic rings. The second kappa shape index (κ2) is 4.90. The zero-order valence-corrected chi connectivity index (χ0v) is 9.78. The van der Waals surface area contributed by atoms with Gasteiger partial charge in [0, 0.05) is 11.8 Å². The molecular weight excluding hydrogens is 220 g/mol. The van der Waals surface area contributed by atoms with Crippen LogP contribution in [0.2, 0.25) is 0 Å². The van der Waals surface area contributed by atoms with Crippen LogP contribution in [0.4, 0.5) is 11.4 Å². The molecule has 0 heterocycles. The molecule has 0 amide bonds. The number of para-hydroxylation sites is 2. The molecule has 2 nitrogen and oxygen atoms in total. The summed E-state index contributed by atoms with van der Waals surface area (Å²) in [6.07, 6.45) is 0. The lowest BCUT2D eigenvalue weighted by Crippen LogP contribution is -2.19. The van der Waals surface area contributed by atoms with Crippen molar-refractivity contribution in [3.8, 4) is 0 Å². The van der Waals surface area contributed by atoms with E-state index in [1.807, 2.05) is 61.5 Å². The molecule has 0 aliphatic carbocycles. The van der Waals surface area contributed by atoms with Gasteiger partial charge < -0.3 is 0 Å². The number of rotatable bonds is 3. The average Bonchev–Trinajstić information content (AvgIpc) is 2.31. The summed E-state index contributed by atoms with van der Waals surface area (Å²) in [4.78, 5) is 0. The molecule has 0 atom stereocenters. The standard InChI is InChI=1S/C13H13ClN2/c1-11-7-5-6-10-13(11)16(14)15-12-8-3-2-4-9-12/h2-10,15H,1H3. The van der Waals surface area contributed by atoms with Crippen molar-refractivity contribution in [1.29, 1.82) is 0 Å². The van der Waals surface area contributed by atoms with E-state index < -0.39 is 0 Å². The van der Waals surface area contributed by atoms with E-state index in [0.717, 1.165) is 16.9 Å². The number of anilines is 2. The number of benzene rings is 2. The number of halogens is 1. The van der Waals surface area contributed by atoms with Crippen molar-refractivity contribution in [2.24, 2.45) is 0 Å². The van der Waals surface area contributed by atoms with Crippen molar-refractivity contribution in [1.82, 2.24) is 0 Å². The first-order valence-electron chi connectivity index (χ1n) is 5.10. The van der Waals surface area contributed by atoms with Crippen LogP contribution in [0.5, 0.6) is 0 Å². The van der Waals surface area contributed by atoms with Gasteiger partial charge in [-0.05, 0) is 30.7 Å². The van der Waals surface area contributed by atoms with Crippen LogP contribution < -0.4 is 9.95 Å². The van der Waals surface area contributed by atoms with Crippen LogP contribution in [0.3, 0.4) is 0 Å². The minimum atomic E-state index is 0.952. The fourth-order valence-corrected chi connectivity index (χ4v) is 1.76. The summed E-state index contributed by atoms with van der Waals surface area (Å²) in [7, 11) is 0. The Kier molecular flexibility index (Phi) is 3.32. The predicted molar refractivity (Wildman–Crippen MR) is 69.6 cm³/mol. The Balaban J connectivity index is 2.15. The SMILES string of the molecule is Cc1ccccc1N(Cl)Nc1ccccc1. The number of hydrazine groups is 1. The lowest BCUT2D eigenvalue weighted by molar-refractivity contribution is 1.24. The monoisotopic (exact) mass is 232 g/mol. The summed E-state index contributed by atoms with van der Waals surface area (Å²) in [5, 5.41) is 0. The summed E-state index contributed by atoms with van der Waals surface area (Å²) in [6.45, 7) is 2.03. The number of nitrogens with one attached hydrogen (secondary N) is 1. The molecule has 0 unspecified atom stereocenters. The Bertz CT molecular complexity index is 456. The molecule has 3 heteroatoms. The van der Waals surface area contributed by atoms with Crippen LogP contribution in [-0.4, -0.2) is 0 Å². The zero-order chi connectivity index (χ0) is 11.4. The molecular formula is C13H13ClN2. The molecule has 2 rings (SSSR count). The van der Waals surface area contributed by atoms with Gasteiger partial charge in [0.15, 0.2) is 0 Å². The van der Waals surface area contributed by atoms with Crippen molar-refractivity contribution >= 4 is 23.2 Å². The van der Waals surface area contributed by atoms with E-state index in [1.54, 1.807) is 0 Å². The summed E-state index contributed by atoms with van der Waals surface area (Å²) in [5.41, 5.74) is 6.13. The van der Waals surface area contributed by atoms with Crippen molar-refractivity contribution in [3.63, 3.8) is 0 Å². The Hall–Kier alpha value is -1.67. The number of aryl methyl sites for hydroxylation is 1. The van der Waals surface area contributed by atoms with Gasteiger partial charge in [0.2, 0.25) is 0 Å². The lowest BCUT2D eigenvalue weighted by atomic mass is 10.2. The van der Waals surface area contributed by atoms with Crippen molar-refractivity contribution in [3.05, 3.63) is 60.2 Å². The smallest absolute Gasteiger partial charge is 0.0789 e. The topological polar surface area (TPSA) is 15.3 Å². The highest BCUT2D eigenvalue weighted by Gasteiger charge is 2.05. The Labute approximate surface area is 101 Å². The summed E-state index contributed by atoms with van der Waals surface area (Å²) >= 11 is 6.17. The molecule has 1 N–H and O–H groups in total. The Morgan fingerprint density at radius 2 is 1.56 bits per heavy atom. The minimum Gasteiger partial charge on any atom is -0.284 e. The maximum atomic E-state index is 6.17. The van der Waals surface area contributed by atoms with Crippen molar-refractivity contribution in [2.45, 2.75) is 6.92 Å². The van der Waals surface area contributed by atoms with Crippen LogP contribution in [0, 0.1) is 6.92 Å². The maximum Gasteiger partial charge on any atom is 0.0789 e. The summed E-state index contributed by atoms with van der Waals surface area (Å²) < 4.78 is 1.50. The number of nitrogens with zero attached hydrogens (tertiary/aromatic N) is 1. The van der Waals surface area contributed by atoms with Gasteiger partial charge in [-0.25, -0.2) is 0 Å². The largest absolute Gasteiger partial charge is 0.284 e. The predicted octanol–water partition coefficient (Wildman–Crippen LogP) is 3.98. The first-order chi connectivity index (χ1) is 7.77. The van der Waals surface area contributed by atoms with Gasteiger partial charge in [0.25, 0.3) is 0 Å². The van der Waals surface area contributed by atoms with Gasteiger partial charge >= 0.3 is 0 Å². The normalized spacial score (nSPS) is 9.88. The van der Waals surface area contributed by atoms with Gasteiger partial charge in [0.1, 0.15) is 0 Å². The van der Waals surface area contributed by atoms with Crippen LogP contribution in [0.1, 0.15) is 5.56 Å². The summed E-state index contributed by atoms with van der Waals surface area (Å²) in [5.74, 6) is 0. The quantitative estimate of drug-likeness (QED) is 0.636. The first kappa shape index (κ1) is 10.8. The first-order valence-corrected chi connectivity index (χ1v) is 5.44. The van der Waals surface area contributed by atoms with E-state index >= 15 is 0 Å². The van der Waals surface area contributed by atoms with Crippen LogP contribution in [0.25, 0.3) is 0 Å². The highest BCUT2D eigenvalue weighted by Crippen LogP contribution is 2.22. The lowest BCUT2D eigenvalue weighted by Gasteiger charge is -2.19. The molecule has 0 aliphatic heterocycles. The third-order valence-corrected chi connectivity index (χ3v) is 2.59. The molecule has 0 aromatic heterocycles. The van der Waals surface area contributed by atoms with Gasteiger partial charge in [-0.15, -0.1) is 0 Å². The molecule has 0 fully saturated rings. The molecule has 0 bridgehead atoms. The van der Waals surface area contributed by atoms with Crippen LogP contribution in [-0.2, 0) is 0 Å². The highest BCUT2D eigenvalue weighted by molar-refractivity contribution is 6.26. The van der Waals surface area contributed by atoms with E-state index in [-0.39, 0.29) is 0 Å². The van der Waals surface area contributed by atoms with Gasteiger partial charge in [-0.2, -0.15) is 4.53 Å². The minimum absolute atomic E-state index is 0.952. The molecule has 2 aromatic rings. The van der Waals surface area contributed by atoms with Crippen molar-refractivity contribution < 1.29 is 0 Å². The third kappa shape index (κ3) is 2.47. The van der Waals surface area contributed by atoms with E-state index in [4.69, 9.17) is 11.8 Å². The molecule has 0 spiro atoms. The average molecular weight is 233 g/mol. The van der Waals surface area contributed by atoms with Gasteiger partial charge in [-0.3, -0.25) is 5.43 Å². The van der Waals surface area contributed by atoms with E-state index in [2.05, 4.69) is 5.43 Å². The Morgan fingerprint density at radius 1 is 0.938 bits per heavy atom. The number of hydrogen-bond acceptors (Lipinski definition) is 2. The molecule has 0 saturated carbocycles. The molecule has 2 aromatic carbocycles. The fraction of sp³-hybridized carbons (Fsp3) is 0.0769. The van der Waals surface area contributed by atoms with E-state index in [1.165, 1.54) is 4.53 Å². The van der Waals surface area contributed by atoms with Crippen LogP contribution >= 0.6 is 11.8 Å². The van der Waals surface area contributed by atoms with Crippen molar-refractivity contribution in [2.75, 3.05) is 9.95 Å². The number of hydrogen-bond donors (Lipinski definition) is 1. The second-order valence-corrected chi connectivity index (χ2v) is 3.88. The van der Waals surface area contributed by atoms with Gasteiger partial charge in [-0.1, -0.05) is 36.4 Å². The Morgan fingerprint density at radius 3 is 2.25 bits per heavy atom. The molecule has 82 valence electrons. The molecule has 16 heavy (non-hydrogen) atoms.